The average molecular weight is 384 g/mol. The highest BCUT2D eigenvalue weighted by Gasteiger charge is 2.39. The molecule has 2 aliphatic heterocycles. The average Bonchev–Trinajstić information content (AvgIpc) is 3.03. The van der Waals surface area contributed by atoms with Crippen LogP contribution >= 0.6 is 24.2 Å². The molecule has 2 saturated heterocycles. The minimum absolute atomic E-state index is 0. The van der Waals surface area contributed by atoms with Gasteiger partial charge in [-0.1, -0.05) is 0 Å². The molecule has 3 rings (SSSR count). The lowest BCUT2D eigenvalue weighted by atomic mass is 9.98. The maximum atomic E-state index is 12.9. The van der Waals surface area contributed by atoms with Crippen LogP contribution in [0.5, 0.6) is 0 Å². The van der Waals surface area contributed by atoms with E-state index in [0.29, 0.717) is 19.5 Å². The third-order valence-corrected chi connectivity index (χ3v) is 5.78. The number of hydrogen-bond acceptors (Lipinski definition) is 4. The van der Waals surface area contributed by atoms with Crippen molar-refractivity contribution in [2.45, 2.75) is 36.6 Å². The predicted molar refractivity (Wildman–Crippen MR) is 104 cm³/mol. The molecule has 138 valence electrons. The summed E-state index contributed by atoms with van der Waals surface area (Å²) < 4.78 is 0. The predicted octanol–water partition coefficient (Wildman–Crippen LogP) is 2.52. The van der Waals surface area contributed by atoms with Crippen molar-refractivity contribution < 1.29 is 9.59 Å². The summed E-state index contributed by atoms with van der Waals surface area (Å²) in [5.41, 5.74) is 6.71. The van der Waals surface area contributed by atoms with Crippen LogP contribution in [-0.4, -0.2) is 48.6 Å². The molecule has 1 aromatic rings. The fourth-order valence-corrected chi connectivity index (χ4v) is 4.06. The summed E-state index contributed by atoms with van der Waals surface area (Å²) in [6.07, 6.45) is 5.46. The van der Waals surface area contributed by atoms with Crippen molar-refractivity contribution in [3.8, 4) is 0 Å². The molecule has 0 saturated carbocycles. The fraction of sp³-hybridized carbons (Fsp3) is 0.556. The summed E-state index contributed by atoms with van der Waals surface area (Å²) in [5, 5.41) is 0. The van der Waals surface area contributed by atoms with E-state index < -0.39 is 0 Å². The van der Waals surface area contributed by atoms with Crippen molar-refractivity contribution in [2.24, 2.45) is 11.7 Å². The van der Waals surface area contributed by atoms with Crippen LogP contribution in [0.25, 0.3) is 0 Å². The molecule has 5 nitrogen and oxygen atoms in total. The van der Waals surface area contributed by atoms with Gasteiger partial charge in [0.05, 0.1) is 5.92 Å². The number of halogens is 1. The molecule has 2 fully saturated rings. The van der Waals surface area contributed by atoms with E-state index >= 15 is 0 Å². The van der Waals surface area contributed by atoms with E-state index in [4.69, 9.17) is 5.73 Å². The van der Waals surface area contributed by atoms with Gasteiger partial charge in [-0.3, -0.25) is 9.59 Å². The maximum absolute atomic E-state index is 12.9. The first kappa shape index (κ1) is 20.1. The zero-order valence-corrected chi connectivity index (χ0v) is 16.2. The Morgan fingerprint density at radius 3 is 2.64 bits per heavy atom. The molecule has 0 aromatic heterocycles. The third-order valence-electron chi connectivity index (χ3n) is 5.04. The number of nitrogens with two attached hydrogens (primary N) is 1. The number of thioether (sulfide) groups is 1. The Balaban J connectivity index is 0.00000225. The SMILES string of the molecule is CSc1ccc(N2CC(C(=O)N3CCCCC3CN)CC2=O)cc1.Cl. The smallest absolute Gasteiger partial charge is 0.228 e. The number of carbonyl (C=O) groups is 2. The number of rotatable bonds is 4. The summed E-state index contributed by atoms with van der Waals surface area (Å²) in [6.45, 7) is 1.75. The number of carbonyl (C=O) groups excluding carboxylic acids is 2. The van der Waals surface area contributed by atoms with Gasteiger partial charge in [0, 0.05) is 42.7 Å². The van der Waals surface area contributed by atoms with Gasteiger partial charge in [0.1, 0.15) is 0 Å². The maximum Gasteiger partial charge on any atom is 0.228 e. The second-order valence-corrected chi connectivity index (χ2v) is 7.40. The van der Waals surface area contributed by atoms with E-state index in [-0.39, 0.29) is 36.2 Å². The van der Waals surface area contributed by atoms with Gasteiger partial charge >= 0.3 is 0 Å². The Morgan fingerprint density at radius 2 is 2.00 bits per heavy atom. The number of amides is 2. The molecule has 1 aromatic carbocycles. The summed E-state index contributed by atoms with van der Waals surface area (Å²) in [5.74, 6) is -0.113. The van der Waals surface area contributed by atoms with Crippen LogP contribution in [0, 0.1) is 5.92 Å². The van der Waals surface area contributed by atoms with Gasteiger partial charge in [-0.25, -0.2) is 0 Å². The first-order valence-electron chi connectivity index (χ1n) is 8.59. The monoisotopic (exact) mass is 383 g/mol. The lowest BCUT2D eigenvalue weighted by molar-refractivity contribution is -0.139. The number of piperidine rings is 1. The highest BCUT2D eigenvalue weighted by Crippen LogP contribution is 2.29. The number of likely N-dealkylation sites (tertiary alicyclic amines) is 1. The third kappa shape index (κ3) is 4.30. The molecule has 0 aliphatic carbocycles. The molecule has 2 unspecified atom stereocenters. The van der Waals surface area contributed by atoms with Crippen molar-refractivity contribution in [3.05, 3.63) is 24.3 Å². The molecule has 0 spiro atoms. The van der Waals surface area contributed by atoms with Gasteiger partial charge in [-0.2, -0.15) is 0 Å². The minimum atomic E-state index is -0.245. The van der Waals surface area contributed by atoms with Gasteiger partial charge in [-0.15, -0.1) is 24.2 Å². The number of anilines is 1. The van der Waals surface area contributed by atoms with E-state index in [1.807, 2.05) is 35.4 Å². The fourth-order valence-electron chi connectivity index (χ4n) is 3.65. The van der Waals surface area contributed by atoms with Crippen LogP contribution in [0.2, 0.25) is 0 Å². The number of benzene rings is 1. The lowest BCUT2D eigenvalue weighted by Crippen LogP contribution is -2.50. The Kier molecular flexibility index (Phi) is 7.16. The van der Waals surface area contributed by atoms with Gasteiger partial charge in [0.15, 0.2) is 0 Å². The van der Waals surface area contributed by atoms with Crippen LogP contribution in [0.1, 0.15) is 25.7 Å². The van der Waals surface area contributed by atoms with Crippen molar-refractivity contribution >= 4 is 41.7 Å². The highest BCUT2D eigenvalue weighted by atomic mass is 35.5. The Morgan fingerprint density at radius 1 is 1.28 bits per heavy atom. The first-order valence-corrected chi connectivity index (χ1v) is 9.81. The first-order chi connectivity index (χ1) is 11.6. The largest absolute Gasteiger partial charge is 0.338 e. The van der Waals surface area contributed by atoms with Gasteiger partial charge < -0.3 is 15.5 Å². The minimum Gasteiger partial charge on any atom is -0.338 e. The van der Waals surface area contributed by atoms with E-state index in [0.717, 1.165) is 36.4 Å². The molecular weight excluding hydrogens is 358 g/mol. The molecule has 0 bridgehead atoms. The highest BCUT2D eigenvalue weighted by molar-refractivity contribution is 7.98. The summed E-state index contributed by atoms with van der Waals surface area (Å²) in [6, 6.07) is 8.08. The van der Waals surface area contributed by atoms with Crippen LogP contribution < -0.4 is 10.6 Å². The van der Waals surface area contributed by atoms with Gasteiger partial charge in [0.2, 0.25) is 11.8 Å². The second kappa shape index (κ2) is 8.92. The summed E-state index contributed by atoms with van der Waals surface area (Å²) >= 11 is 1.67. The summed E-state index contributed by atoms with van der Waals surface area (Å²) in [7, 11) is 0. The van der Waals surface area contributed by atoms with E-state index in [1.165, 1.54) is 0 Å². The molecular formula is C18H26ClN3O2S. The molecule has 7 heteroatoms. The molecule has 2 amide bonds. The van der Waals surface area contributed by atoms with Crippen LogP contribution in [0.15, 0.2) is 29.2 Å². The molecule has 25 heavy (non-hydrogen) atoms. The zero-order valence-electron chi connectivity index (χ0n) is 14.5. The normalized spacial score (nSPS) is 23.5. The molecule has 2 atom stereocenters. The van der Waals surface area contributed by atoms with Crippen molar-refractivity contribution in [2.75, 3.05) is 30.8 Å². The van der Waals surface area contributed by atoms with E-state index in [2.05, 4.69) is 0 Å². The molecule has 0 radical (unpaired) electrons. The van der Waals surface area contributed by atoms with Crippen LogP contribution in [0.4, 0.5) is 5.69 Å². The van der Waals surface area contributed by atoms with Crippen molar-refractivity contribution in [1.29, 1.82) is 0 Å². The number of nitrogens with zero attached hydrogens (tertiary/aromatic N) is 2. The van der Waals surface area contributed by atoms with Crippen LogP contribution in [0.3, 0.4) is 0 Å². The summed E-state index contributed by atoms with van der Waals surface area (Å²) in [4.78, 5) is 30.1. The van der Waals surface area contributed by atoms with Gasteiger partial charge in [-0.05, 0) is 49.8 Å². The zero-order chi connectivity index (χ0) is 17.1. The Bertz CT molecular complexity index is 611. The van der Waals surface area contributed by atoms with E-state index in [9.17, 15) is 9.59 Å². The van der Waals surface area contributed by atoms with Crippen molar-refractivity contribution in [3.63, 3.8) is 0 Å². The standard InChI is InChI=1S/C18H25N3O2S.ClH/c1-24-16-7-5-14(6-8-16)21-12-13(10-17(21)22)18(23)20-9-3-2-4-15(20)11-19;/h5-8,13,15H,2-4,9-12,19H2,1H3;1H. The van der Waals surface area contributed by atoms with Crippen molar-refractivity contribution in [1.82, 2.24) is 4.90 Å². The quantitative estimate of drug-likeness (QED) is 0.811. The molecule has 2 heterocycles. The van der Waals surface area contributed by atoms with E-state index in [1.54, 1.807) is 16.7 Å². The molecule has 2 aliphatic rings. The topological polar surface area (TPSA) is 66.6 Å². The lowest BCUT2D eigenvalue weighted by Gasteiger charge is -2.36. The Labute approximate surface area is 159 Å². The van der Waals surface area contributed by atoms with Gasteiger partial charge in [0.25, 0.3) is 0 Å². The van der Waals surface area contributed by atoms with Crippen LogP contribution in [-0.2, 0) is 9.59 Å². The Hall–Kier alpha value is -1.24. The number of hydrogen-bond donors (Lipinski definition) is 1. The molecule has 2 N–H and O–H groups in total. The second-order valence-electron chi connectivity index (χ2n) is 6.52.